The first-order chi connectivity index (χ1) is 15.9. The van der Waals surface area contributed by atoms with Crippen LogP contribution >= 0.6 is 11.7 Å². The van der Waals surface area contributed by atoms with Gasteiger partial charge in [0.05, 0.1) is 38.5 Å². The van der Waals surface area contributed by atoms with E-state index >= 15 is 0 Å². The van der Waals surface area contributed by atoms with Crippen LogP contribution in [0.2, 0.25) is 0 Å². The summed E-state index contributed by atoms with van der Waals surface area (Å²) in [6.07, 6.45) is 11.2. The molecule has 2 atom stereocenters. The van der Waals surface area contributed by atoms with E-state index in [4.69, 9.17) is 14.2 Å². The molecule has 1 aliphatic heterocycles. The molecular weight excluding hydrogens is 438 g/mol. The van der Waals surface area contributed by atoms with Gasteiger partial charge in [-0.3, -0.25) is 4.48 Å². The fourth-order valence-electron chi connectivity index (χ4n) is 4.42. The fraction of sp³-hybridized carbons (Fsp3) is 0.800. The molecule has 188 valence electrons. The molecule has 0 fully saturated rings. The van der Waals surface area contributed by atoms with Crippen LogP contribution in [-0.4, -0.2) is 59.0 Å². The number of likely N-dealkylation sites (N-methyl/N-ethyl adjacent to an activating group) is 1. The van der Waals surface area contributed by atoms with Crippen LogP contribution in [0.1, 0.15) is 91.2 Å². The van der Waals surface area contributed by atoms with Gasteiger partial charge in [0.25, 0.3) is 5.88 Å². The van der Waals surface area contributed by atoms with E-state index in [2.05, 4.69) is 49.6 Å². The Bertz CT molecular complexity index is 737. The second-order valence-corrected chi connectivity index (χ2v) is 10.1. The molecule has 7 nitrogen and oxygen atoms in total. The van der Waals surface area contributed by atoms with Crippen molar-refractivity contribution in [1.29, 1.82) is 0 Å². The van der Waals surface area contributed by atoms with Gasteiger partial charge in [-0.2, -0.15) is 4.37 Å². The fourth-order valence-corrected chi connectivity index (χ4v) is 4.96. The minimum Gasteiger partial charge on any atom is -0.475 e. The molecule has 0 aliphatic carbocycles. The number of ether oxygens (including phenoxy) is 3. The molecule has 33 heavy (non-hydrogen) atoms. The van der Waals surface area contributed by atoms with Crippen LogP contribution in [0.3, 0.4) is 0 Å². The highest BCUT2D eigenvalue weighted by Crippen LogP contribution is 2.33. The number of hydrogen-bond donors (Lipinski definition) is 0. The Balaban J connectivity index is 1.98. The maximum Gasteiger partial charge on any atom is 0.512 e. The van der Waals surface area contributed by atoms with Crippen molar-refractivity contribution < 1.29 is 23.5 Å². The second-order valence-electron chi connectivity index (χ2n) is 9.62. The van der Waals surface area contributed by atoms with Crippen LogP contribution in [-0.2, 0) is 9.47 Å². The Hall–Kier alpha value is -1.67. The maximum absolute atomic E-state index is 12.4. The molecule has 1 aromatic heterocycles. The number of nitrogens with zero attached hydrogens (tertiary/aromatic N) is 3. The molecule has 8 heteroatoms. The molecule has 0 saturated carbocycles. The molecule has 2 heterocycles. The van der Waals surface area contributed by atoms with Gasteiger partial charge in [0.2, 0.25) is 6.23 Å². The first-order valence-corrected chi connectivity index (χ1v) is 13.5. The second kappa shape index (κ2) is 14.6. The zero-order valence-electron chi connectivity index (χ0n) is 21.3. The van der Waals surface area contributed by atoms with E-state index in [0.29, 0.717) is 30.1 Å². The highest BCUT2D eigenvalue weighted by Gasteiger charge is 2.41. The first-order valence-electron chi connectivity index (χ1n) is 12.7. The maximum atomic E-state index is 12.4. The highest BCUT2D eigenvalue weighted by atomic mass is 32.1. The lowest BCUT2D eigenvalue weighted by Gasteiger charge is -2.44. The summed E-state index contributed by atoms with van der Waals surface area (Å²) in [7, 11) is 2.15. The van der Waals surface area contributed by atoms with Gasteiger partial charge in [-0.05, 0) is 12.8 Å². The van der Waals surface area contributed by atoms with Crippen LogP contribution in [0.4, 0.5) is 4.79 Å². The van der Waals surface area contributed by atoms with Crippen LogP contribution in [0.25, 0.3) is 5.57 Å². The lowest BCUT2D eigenvalue weighted by molar-refractivity contribution is -0.950. The van der Waals surface area contributed by atoms with E-state index in [0.717, 1.165) is 56.3 Å². The normalized spacial score (nSPS) is 19.3. The van der Waals surface area contributed by atoms with Crippen molar-refractivity contribution in [3.05, 3.63) is 11.8 Å². The van der Waals surface area contributed by atoms with Crippen LogP contribution in [0.5, 0.6) is 5.88 Å². The molecule has 2 unspecified atom stereocenters. The number of carbonyl (C=O) groups is 1. The van der Waals surface area contributed by atoms with Crippen molar-refractivity contribution in [3.8, 4) is 5.88 Å². The summed E-state index contributed by atoms with van der Waals surface area (Å²) in [6, 6.07) is 0. The SMILES string of the molecule is CCCCCCOC(=O)OC(C(C)C)[N+]1(C)CCC=C(c2nsnc2OCCCCCC)C1. The molecule has 0 spiro atoms. The standard InChI is InChI=1S/C25H44N3O4S/c1-6-8-10-12-17-30-23-22(26-33-27-23)21-15-14-16-28(5,19-21)24(20(3)4)32-25(29)31-18-13-11-9-7-2/h15,20,24H,6-14,16-19H2,1-5H3/q+1. The van der Waals surface area contributed by atoms with E-state index in [-0.39, 0.29) is 12.1 Å². The summed E-state index contributed by atoms with van der Waals surface area (Å²) in [5.41, 5.74) is 1.95. The smallest absolute Gasteiger partial charge is 0.475 e. The zero-order chi connectivity index (χ0) is 24.1. The van der Waals surface area contributed by atoms with Crippen molar-refractivity contribution in [1.82, 2.24) is 8.75 Å². The average molecular weight is 483 g/mol. The molecule has 1 aromatic rings. The van der Waals surface area contributed by atoms with Gasteiger partial charge in [-0.15, -0.1) is 4.37 Å². The zero-order valence-corrected chi connectivity index (χ0v) is 22.1. The van der Waals surface area contributed by atoms with Crippen molar-refractivity contribution in [2.75, 3.05) is 33.4 Å². The Kier molecular flexibility index (Phi) is 12.2. The van der Waals surface area contributed by atoms with Crippen LogP contribution in [0, 0.1) is 5.92 Å². The minimum absolute atomic E-state index is 0.157. The number of quaternary nitrogens is 1. The van der Waals surface area contributed by atoms with Gasteiger partial charge in [-0.25, -0.2) is 4.79 Å². The highest BCUT2D eigenvalue weighted by molar-refractivity contribution is 6.99. The number of unbranched alkanes of at least 4 members (excludes halogenated alkanes) is 6. The van der Waals surface area contributed by atoms with Crippen LogP contribution < -0.4 is 4.74 Å². The number of aromatic nitrogens is 2. The lowest BCUT2D eigenvalue weighted by atomic mass is 10.0. The lowest BCUT2D eigenvalue weighted by Crippen LogP contribution is -2.58. The predicted octanol–water partition coefficient (Wildman–Crippen LogP) is 6.45. The van der Waals surface area contributed by atoms with Crippen molar-refractivity contribution >= 4 is 23.5 Å². The van der Waals surface area contributed by atoms with E-state index < -0.39 is 6.16 Å². The number of carbonyl (C=O) groups excluding carboxylic acids is 1. The Morgan fingerprint density at radius 2 is 1.76 bits per heavy atom. The van der Waals surface area contributed by atoms with Crippen molar-refractivity contribution in [2.45, 2.75) is 91.7 Å². The summed E-state index contributed by atoms with van der Waals surface area (Å²) >= 11 is 1.19. The van der Waals surface area contributed by atoms with E-state index in [9.17, 15) is 4.79 Å². The monoisotopic (exact) mass is 482 g/mol. The first kappa shape index (κ1) is 27.6. The summed E-state index contributed by atoms with van der Waals surface area (Å²) in [4.78, 5) is 12.4. The van der Waals surface area contributed by atoms with Gasteiger partial charge in [0.15, 0.2) is 0 Å². The third-order valence-corrected chi connectivity index (χ3v) is 6.69. The molecule has 2 rings (SSSR count). The summed E-state index contributed by atoms with van der Waals surface area (Å²) in [5.74, 6) is 0.787. The molecule has 0 N–H and O–H groups in total. The molecular formula is C25H44N3O4S+. The van der Waals surface area contributed by atoms with Gasteiger partial charge in [-0.1, -0.05) is 72.3 Å². The van der Waals surface area contributed by atoms with E-state index in [1.807, 2.05) is 0 Å². The van der Waals surface area contributed by atoms with Crippen LogP contribution in [0.15, 0.2) is 6.08 Å². The molecule has 0 radical (unpaired) electrons. The average Bonchev–Trinajstić information content (AvgIpc) is 3.25. The summed E-state index contributed by atoms with van der Waals surface area (Å²) in [6.45, 7) is 11.2. The third-order valence-electron chi connectivity index (χ3n) is 6.18. The third kappa shape index (κ3) is 8.89. The van der Waals surface area contributed by atoms with Gasteiger partial charge in [0.1, 0.15) is 12.2 Å². The van der Waals surface area contributed by atoms with Gasteiger partial charge >= 0.3 is 6.16 Å². The van der Waals surface area contributed by atoms with E-state index in [1.165, 1.54) is 31.0 Å². The molecule has 0 aromatic carbocycles. The Morgan fingerprint density at radius 1 is 1.06 bits per heavy atom. The largest absolute Gasteiger partial charge is 0.512 e. The minimum atomic E-state index is -0.563. The topological polar surface area (TPSA) is 70.5 Å². The molecule has 1 aliphatic rings. The van der Waals surface area contributed by atoms with E-state index in [1.54, 1.807) is 0 Å². The Labute approximate surface area is 204 Å². The molecule has 0 saturated heterocycles. The van der Waals surface area contributed by atoms with Crippen molar-refractivity contribution in [2.24, 2.45) is 5.92 Å². The molecule has 0 amide bonds. The summed E-state index contributed by atoms with van der Waals surface area (Å²) in [5, 5.41) is 0. The van der Waals surface area contributed by atoms with Gasteiger partial charge < -0.3 is 14.2 Å². The van der Waals surface area contributed by atoms with Gasteiger partial charge in [0, 0.05) is 17.9 Å². The summed E-state index contributed by atoms with van der Waals surface area (Å²) < 4.78 is 26.8. The van der Waals surface area contributed by atoms with Crippen molar-refractivity contribution in [3.63, 3.8) is 0 Å². The molecule has 0 bridgehead atoms. The number of hydrogen-bond acceptors (Lipinski definition) is 7. The quantitative estimate of drug-likeness (QED) is 0.163. The predicted molar refractivity (Wildman–Crippen MR) is 133 cm³/mol. The number of rotatable bonds is 15. The Morgan fingerprint density at radius 3 is 2.42 bits per heavy atom.